The van der Waals surface area contributed by atoms with Crippen molar-refractivity contribution >= 4 is 5.97 Å². The Kier molecular flexibility index (Phi) is 5.80. The van der Waals surface area contributed by atoms with Crippen molar-refractivity contribution < 1.29 is 45.4 Å². The van der Waals surface area contributed by atoms with Gasteiger partial charge in [0.2, 0.25) is 0 Å². The van der Waals surface area contributed by atoms with E-state index in [2.05, 4.69) is 0 Å². The first kappa shape index (κ1) is 22.2. The Hall–Kier alpha value is -1.10. The Morgan fingerprint density at radius 1 is 1.11 bits per heavy atom. The summed E-state index contributed by atoms with van der Waals surface area (Å²) in [7, 11) is 0. The van der Waals surface area contributed by atoms with Crippen LogP contribution in [0.15, 0.2) is 0 Å². The number of hydrogen-bond acceptors (Lipinski definition) is 4. The molecule has 2 aliphatic carbocycles. The Balaban J connectivity index is 2.33. The van der Waals surface area contributed by atoms with Crippen molar-refractivity contribution in [2.45, 2.75) is 75.3 Å². The number of halogens is 7. The molecule has 3 N–H and O–H groups in total. The lowest BCUT2D eigenvalue weighted by Gasteiger charge is -2.38. The molecular weight excluding hydrogens is 387 g/mol. The first-order valence-corrected chi connectivity index (χ1v) is 8.67. The summed E-state index contributed by atoms with van der Waals surface area (Å²) in [6.45, 7) is 1.18. The van der Waals surface area contributed by atoms with Crippen LogP contribution < -0.4 is 5.73 Å². The summed E-state index contributed by atoms with van der Waals surface area (Å²) < 4.78 is 97.1. The van der Waals surface area contributed by atoms with E-state index >= 15 is 0 Å². The monoisotopic (exact) mass is 409 g/mol. The molecule has 11 heteroatoms. The van der Waals surface area contributed by atoms with Crippen LogP contribution in [0, 0.1) is 17.8 Å². The molecule has 5 atom stereocenters. The van der Waals surface area contributed by atoms with Gasteiger partial charge in [-0.2, -0.15) is 26.3 Å². The molecule has 5 unspecified atom stereocenters. The third-order valence-corrected chi connectivity index (χ3v) is 5.82. The standard InChI is InChI=1S/C16H22F7NO3/c1-2-13(17,24)12(25)27-11(10-6-8-3-4-9(10)5-8)7-14(26,15(18,19)20)16(21,22)23/h8-11,26H,2-7,24H2,1H3. The van der Waals surface area contributed by atoms with Crippen molar-refractivity contribution in [2.24, 2.45) is 23.5 Å². The molecule has 0 aromatic rings. The Labute approximate surface area is 151 Å². The van der Waals surface area contributed by atoms with Crippen LogP contribution in [0.5, 0.6) is 0 Å². The molecule has 0 aliphatic heterocycles. The molecule has 2 aliphatic rings. The van der Waals surface area contributed by atoms with E-state index in [4.69, 9.17) is 10.5 Å². The second kappa shape index (κ2) is 7.06. The van der Waals surface area contributed by atoms with E-state index in [0.717, 1.165) is 6.42 Å². The van der Waals surface area contributed by atoms with Gasteiger partial charge in [-0.25, -0.2) is 9.18 Å². The van der Waals surface area contributed by atoms with Gasteiger partial charge in [0.15, 0.2) is 0 Å². The summed E-state index contributed by atoms with van der Waals surface area (Å²) in [5.74, 6) is -5.73. The first-order valence-electron chi connectivity index (χ1n) is 8.67. The van der Waals surface area contributed by atoms with Crippen LogP contribution in [0.2, 0.25) is 0 Å². The van der Waals surface area contributed by atoms with Crippen molar-refractivity contribution in [3.63, 3.8) is 0 Å². The largest absolute Gasteiger partial charge is 0.459 e. The van der Waals surface area contributed by atoms with Gasteiger partial charge in [-0.05, 0) is 37.0 Å². The predicted octanol–water partition coefficient (Wildman–Crippen LogP) is 3.61. The lowest BCUT2D eigenvalue weighted by Crippen LogP contribution is -2.60. The maximum atomic E-state index is 13.9. The number of esters is 1. The highest BCUT2D eigenvalue weighted by Gasteiger charge is 2.71. The molecular formula is C16H22F7NO3. The molecule has 0 saturated heterocycles. The predicted molar refractivity (Wildman–Crippen MR) is 78.8 cm³/mol. The number of carbonyl (C=O) groups is 1. The molecule has 0 radical (unpaired) electrons. The summed E-state index contributed by atoms with van der Waals surface area (Å²) in [5, 5.41) is 9.49. The van der Waals surface area contributed by atoms with Crippen LogP contribution >= 0.6 is 0 Å². The van der Waals surface area contributed by atoms with Crippen LogP contribution in [0.1, 0.15) is 45.4 Å². The second-order valence-electron chi connectivity index (χ2n) is 7.56. The second-order valence-corrected chi connectivity index (χ2v) is 7.56. The molecule has 0 spiro atoms. The molecule has 2 bridgehead atoms. The van der Waals surface area contributed by atoms with Crippen molar-refractivity contribution in [1.29, 1.82) is 0 Å². The molecule has 27 heavy (non-hydrogen) atoms. The van der Waals surface area contributed by atoms with E-state index in [-0.39, 0.29) is 18.3 Å². The van der Waals surface area contributed by atoms with E-state index in [0.29, 0.717) is 12.8 Å². The van der Waals surface area contributed by atoms with Gasteiger partial charge in [0.05, 0.1) is 0 Å². The highest BCUT2D eigenvalue weighted by molar-refractivity contribution is 5.78. The topological polar surface area (TPSA) is 72.6 Å². The number of aliphatic hydroxyl groups is 1. The summed E-state index contributed by atoms with van der Waals surface area (Å²) in [4.78, 5) is 11.9. The van der Waals surface area contributed by atoms with Crippen molar-refractivity contribution in [1.82, 2.24) is 0 Å². The summed E-state index contributed by atoms with van der Waals surface area (Å²) in [5.41, 5.74) is -0.00718. The number of fused-ring (bicyclic) bond motifs is 2. The number of nitrogens with two attached hydrogens (primary N) is 1. The SMILES string of the molecule is CCC(N)(F)C(=O)OC(CC(O)(C(F)(F)F)C(F)(F)F)C1CC2CCC1C2. The molecule has 0 aromatic heterocycles. The minimum absolute atomic E-state index is 0.102. The Morgan fingerprint density at radius 2 is 1.67 bits per heavy atom. The zero-order chi connectivity index (χ0) is 20.8. The van der Waals surface area contributed by atoms with E-state index in [1.807, 2.05) is 0 Å². The van der Waals surface area contributed by atoms with E-state index in [9.17, 15) is 40.6 Å². The fourth-order valence-corrected chi connectivity index (χ4v) is 4.09. The number of alkyl halides is 7. The fourth-order valence-electron chi connectivity index (χ4n) is 4.09. The third-order valence-electron chi connectivity index (χ3n) is 5.82. The van der Waals surface area contributed by atoms with Crippen molar-refractivity contribution in [3.8, 4) is 0 Å². The van der Waals surface area contributed by atoms with Gasteiger partial charge < -0.3 is 9.84 Å². The van der Waals surface area contributed by atoms with Crippen LogP contribution in [0.25, 0.3) is 0 Å². The number of ether oxygens (including phenoxy) is 1. The van der Waals surface area contributed by atoms with Gasteiger partial charge in [-0.15, -0.1) is 0 Å². The zero-order valence-corrected chi connectivity index (χ0v) is 14.5. The van der Waals surface area contributed by atoms with Gasteiger partial charge in [-0.1, -0.05) is 13.3 Å². The van der Waals surface area contributed by atoms with E-state index in [1.54, 1.807) is 0 Å². The molecule has 0 aromatic carbocycles. The maximum absolute atomic E-state index is 13.9. The lowest BCUT2D eigenvalue weighted by atomic mass is 9.79. The molecule has 2 saturated carbocycles. The smallest absolute Gasteiger partial charge is 0.426 e. The van der Waals surface area contributed by atoms with Crippen molar-refractivity contribution in [2.75, 3.05) is 0 Å². The van der Waals surface area contributed by atoms with Gasteiger partial charge in [-0.3, -0.25) is 5.73 Å². The van der Waals surface area contributed by atoms with Gasteiger partial charge >= 0.3 is 18.3 Å². The van der Waals surface area contributed by atoms with Crippen LogP contribution in [-0.2, 0) is 9.53 Å². The normalized spacial score (nSPS) is 29.5. The van der Waals surface area contributed by atoms with Crippen LogP contribution in [0.4, 0.5) is 30.7 Å². The highest BCUT2D eigenvalue weighted by Crippen LogP contribution is 2.53. The minimum atomic E-state index is -6.05. The quantitative estimate of drug-likeness (QED) is 0.399. The molecule has 0 heterocycles. The molecule has 4 nitrogen and oxygen atoms in total. The van der Waals surface area contributed by atoms with Gasteiger partial charge in [0, 0.05) is 12.8 Å². The molecule has 2 fully saturated rings. The minimum Gasteiger partial charge on any atom is -0.459 e. The van der Waals surface area contributed by atoms with Gasteiger partial charge in [0.25, 0.3) is 11.4 Å². The molecule has 158 valence electrons. The Bertz CT molecular complexity index is 547. The molecule has 2 rings (SSSR count). The third kappa shape index (κ3) is 4.18. The summed E-state index contributed by atoms with van der Waals surface area (Å²) >= 11 is 0. The summed E-state index contributed by atoms with van der Waals surface area (Å²) in [6, 6.07) is 0. The zero-order valence-electron chi connectivity index (χ0n) is 14.5. The van der Waals surface area contributed by atoms with Crippen LogP contribution in [0.3, 0.4) is 0 Å². The maximum Gasteiger partial charge on any atom is 0.426 e. The average molecular weight is 409 g/mol. The molecule has 0 amide bonds. The lowest BCUT2D eigenvalue weighted by molar-refractivity contribution is -0.375. The number of rotatable bonds is 6. The van der Waals surface area contributed by atoms with E-state index in [1.165, 1.54) is 6.92 Å². The number of carbonyl (C=O) groups excluding carboxylic acids is 1. The van der Waals surface area contributed by atoms with Gasteiger partial charge in [0.1, 0.15) is 6.10 Å². The average Bonchev–Trinajstić information content (AvgIpc) is 3.14. The fraction of sp³-hybridized carbons (Fsp3) is 0.938. The first-order chi connectivity index (χ1) is 12.1. The summed E-state index contributed by atoms with van der Waals surface area (Å²) in [6.07, 6.45) is -14.4. The van der Waals surface area contributed by atoms with E-state index < -0.39 is 54.6 Å². The highest BCUT2D eigenvalue weighted by atomic mass is 19.4. The van der Waals surface area contributed by atoms with Crippen LogP contribution in [-0.4, -0.2) is 40.9 Å². The Morgan fingerprint density at radius 3 is 2.04 bits per heavy atom. The number of hydrogen-bond donors (Lipinski definition) is 2. The van der Waals surface area contributed by atoms with Crippen molar-refractivity contribution in [3.05, 3.63) is 0 Å².